The standard InChI is InChI=1S/C23H21F3N4O2/c1-14(2)10-21-28-29-22(32-21)19-11-15-6-3-4-9-18(15)30(19)13-20(31)27-17-8-5-7-16(12-17)23(24,25)26/h3-9,11-12,14H,10,13H2,1-2H3,(H,27,31). The number of nitrogens with one attached hydrogen (secondary N) is 1. The van der Waals surface area contributed by atoms with Crippen molar-refractivity contribution in [1.82, 2.24) is 14.8 Å². The van der Waals surface area contributed by atoms with Gasteiger partial charge in [0.1, 0.15) is 12.2 Å². The second kappa shape index (κ2) is 8.49. The van der Waals surface area contributed by atoms with Crippen molar-refractivity contribution < 1.29 is 22.4 Å². The Balaban J connectivity index is 1.63. The van der Waals surface area contributed by atoms with Crippen LogP contribution in [0.25, 0.3) is 22.5 Å². The second-order valence-electron chi connectivity index (χ2n) is 7.90. The largest absolute Gasteiger partial charge is 0.419 e. The number of hydrogen-bond acceptors (Lipinski definition) is 4. The van der Waals surface area contributed by atoms with E-state index in [1.807, 2.05) is 44.2 Å². The summed E-state index contributed by atoms with van der Waals surface area (Å²) in [6.45, 7) is 3.94. The van der Waals surface area contributed by atoms with Crippen LogP contribution >= 0.6 is 0 Å². The first-order valence-corrected chi connectivity index (χ1v) is 10.1. The molecule has 0 spiro atoms. The lowest BCUT2D eigenvalue weighted by Crippen LogP contribution is -2.19. The van der Waals surface area contributed by atoms with Gasteiger partial charge in [0.2, 0.25) is 11.8 Å². The van der Waals surface area contributed by atoms with E-state index in [1.165, 1.54) is 12.1 Å². The van der Waals surface area contributed by atoms with E-state index in [-0.39, 0.29) is 18.1 Å². The molecule has 0 saturated carbocycles. The lowest BCUT2D eigenvalue weighted by Gasteiger charge is -2.12. The van der Waals surface area contributed by atoms with Crippen LogP contribution in [0.15, 0.2) is 59.0 Å². The maximum atomic E-state index is 13.0. The number of carbonyl (C=O) groups is 1. The zero-order chi connectivity index (χ0) is 22.9. The first-order chi connectivity index (χ1) is 15.2. The van der Waals surface area contributed by atoms with Gasteiger partial charge in [0.05, 0.1) is 5.56 Å². The smallest absolute Gasteiger partial charge is 0.416 e. The fourth-order valence-corrected chi connectivity index (χ4v) is 3.46. The number of hydrogen-bond donors (Lipinski definition) is 1. The molecule has 4 aromatic rings. The minimum atomic E-state index is -4.49. The molecule has 0 aliphatic heterocycles. The molecule has 0 atom stereocenters. The van der Waals surface area contributed by atoms with Crippen molar-refractivity contribution in [2.24, 2.45) is 5.92 Å². The number of alkyl halides is 3. The van der Waals surface area contributed by atoms with E-state index < -0.39 is 17.6 Å². The normalized spacial score (nSPS) is 11.9. The summed E-state index contributed by atoms with van der Waals surface area (Å²) in [5, 5.41) is 11.6. The summed E-state index contributed by atoms with van der Waals surface area (Å²) < 4.78 is 46.4. The van der Waals surface area contributed by atoms with Gasteiger partial charge in [0.25, 0.3) is 5.89 Å². The van der Waals surface area contributed by atoms with Crippen LogP contribution in [0.1, 0.15) is 25.3 Å². The minimum Gasteiger partial charge on any atom is -0.419 e. The highest BCUT2D eigenvalue weighted by Gasteiger charge is 2.30. The molecule has 0 saturated heterocycles. The van der Waals surface area contributed by atoms with Crippen LogP contribution in [0.2, 0.25) is 0 Å². The minimum absolute atomic E-state index is 0.0693. The van der Waals surface area contributed by atoms with Gasteiger partial charge in [-0.05, 0) is 36.2 Å². The number of fused-ring (bicyclic) bond motifs is 1. The molecule has 166 valence electrons. The van der Waals surface area contributed by atoms with E-state index in [1.54, 1.807) is 4.57 Å². The highest BCUT2D eigenvalue weighted by atomic mass is 19.4. The Morgan fingerprint density at radius 2 is 1.88 bits per heavy atom. The molecular weight excluding hydrogens is 421 g/mol. The molecule has 32 heavy (non-hydrogen) atoms. The summed E-state index contributed by atoms with van der Waals surface area (Å²) in [4.78, 5) is 12.7. The summed E-state index contributed by atoms with van der Waals surface area (Å²) >= 11 is 0. The van der Waals surface area contributed by atoms with Gasteiger partial charge in [-0.25, -0.2) is 0 Å². The molecule has 0 fully saturated rings. The summed E-state index contributed by atoms with van der Waals surface area (Å²) in [7, 11) is 0. The summed E-state index contributed by atoms with van der Waals surface area (Å²) in [6.07, 6.45) is -3.86. The van der Waals surface area contributed by atoms with Crippen LogP contribution in [0, 0.1) is 5.92 Å². The molecule has 4 rings (SSSR count). The molecule has 2 aromatic carbocycles. The molecule has 2 aromatic heterocycles. The number of anilines is 1. The fourth-order valence-electron chi connectivity index (χ4n) is 3.46. The van der Waals surface area contributed by atoms with Crippen molar-refractivity contribution in [1.29, 1.82) is 0 Å². The van der Waals surface area contributed by atoms with Crippen LogP contribution < -0.4 is 5.32 Å². The molecule has 2 heterocycles. The molecule has 6 nitrogen and oxygen atoms in total. The molecule has 9 heteroatoms. The van der Waals surface area contributed by atoms with Gasteiger partial charge in [-0.3, -0.25) is 4.79 Å². The third kappa shape index (κ3) is 4.66. The van der Waals surface area contributed by atoms with Gasteiger partial charge < -0.3 is 14.3 Å². The van der Waals surface area contributed by atoms with Crippen molar-refractivity contribution in [2.45, 2.75) is 33.0 Å². The Morgan fingerprint density at radius 1 is 1.09 bits per heavy atom. The molecule has 0 bridgehead atoms. The van der Waals surface area contributed by atoms with Gasteiger partial charge in [-0.15, -0.1) is 10.2 Å². The van der Waals surface area contributed by atoms with Crippen LogP contribution in [0.4, 0.5) is 18.9 Å². The van der Waals surface area contributed by atoms with E-state index in [4.69, 9.17) is 4.42 Å². The van der Waals surface area contributed by atoms with Crippen molar-refractivity contribution in [3.05, 3.63) is 66.1 Å². The molecule has 1 N–H and O–H groups in total. The van der Waals surface area contributed by atoms with Gasteiger partial charge in [-0.1, -0.05) is 38.1 Å². The zero-order valence-corrected chi connectivity index (χ0v) is 17.5. The average molecular weight is 442 g/mol. The Hall–Kier alpha value is -3.62. The van der Waals surface area contributed by atoms with Crippen LogP contribution in [0.5, 0.6) is 0 Å². The van der Waals surface area contributed by atoms with E-state index >= 15 is 0 Å². The predicted molar refractivity (Wildman–Crippen MR) is 114 cm³/mol. The molecule has 0 unspecified atom stereocenters. The summed E-state index contributed by atoms with van der Waals surface area (Å²) in [5.41, 5.74) is 0.573. The van der Waals surface area contributed by atoms with Gasteiger partial charge in [0, 0.05) is 23.0 Å². The second-order valence-corrected chi connectivity index (χ2v) is 7.90. The van der Waals surface area contributed by atoms with Gasteiger partial charge in [0.15, 0.2) is 0 Å². The van der Waals surface area contributed by atoms with Crippen LogP contribution in [0.3, 0.4) is 0 Å². The quantitative estimate of drug-likeness (QED) is 0.425. The Bertz CT molecular complexity index is 1260. The number of para-hydroxylation sites is 1. The molecule has 1 amide bonds. The van der Waals surface area contributed by atoms with E-state index in [0.717, 1.165) is 23.0 Å². The van der Waals surface area contributed by atoms with Crippen molar-refractivity contribution >= 4 is 22.5 Å². The maximum absolute atomic E-state index is 13.0. The monoisotopic (exact) mass is 442 g/mol. The number of carbonyl (C=O) groups excluding carboxylic acids is 1. The van der Waals surface area contributed by atoms with Crippen molar-refractivity contribution in [3.63, 3.8) is 0 Å². The third-order valence-corrected chi connectivity index (χ3v) is 4.85. The van der Waals surface area contributed by atoms with Crippen molar-refractivity contribution in [2.75, 3.05) is 5.32 Å². The zero-order valence-electron chi connectivity index (χ0n) is 17.5. The first kappa shape index (κ1) is 21.6. The lowest BCUT2D eigenvalue weighted by molar-refractivity contribution is -0.137. The number of rotatable bonds is 6. The predicted octanol–water partition coefficient (Wildman–Crippen LogP) is 5.55. The Morgan fingerprint density at radius 3 is 2.62 bits per heavy atom. The van der Waals surface area contributed by atoms with Gasteiger partial charge in [-0.2, -0.15) is 13.2 Å². The summed E-state index contributed by atoms with van der Waals surface area (Å²) in [6, 6.07) is 13.8. The number of aromatic nitrogens is 3. The van der Waals surface area contributed by atoms with Crippen LogP contribution in [-0.4, -0.2) is 20.7 Å². The topological polar surface area (TPSA) is 73.0 Å². The number of halogens is 3. The number of amides is 1. The third-order valence-electron chi connectivity index (χ3n) is 4.85. The van der Waals surface area contributed by atoms with E-state index in [0.29, 0.717) is 23.9 Å². The SMILES string of the molecule is CC(C)Cc1nnc(-c2cc3ccccc3n2CC(=O)Nc2cccc(C(F)(F)F)c2)o1. The van der Waals surface area contributed by atoms with Crippen molar-refractivity contribution in [3.8, 4) is 11.6 Å². The molecule has 0 aliphatic rings. The Kier molecular flexibility index (Phi) is 5.73. The number of nitrogens with zero attached hydrogens (tertiary/aromatic N) is 3. The molecule has 0 aliphatic carbocycles. The molecule has 0 radical (unpaired) electrons. The molecular formula is C23H21F3N4O2. The maximum Gasteiger partial charge on any atom is 0.416 e. The van der Waals surface area contributed by atoms with E-state index in [2.05, 4.69) is 15.5 Å². The van der Waals surface area contributed by atoms with E-state index in [9.17, 15) is 18.0 Å². The lowest BCUT2D eigenvalue weighted by atomic mass is 10.1. The highest BCUT2D eigenvalue weighted by Crippen LogP contribution is 2.31. The Labute approximate surface area is 182 Å². The summed E-state index contributed by atoms with van der Waals surface area (Å²) in [5.74, 6) is 0.644. The van der Waals surface area contributed by atoms with Gasteiger partial charge >= 0.3 is 6.18 Å². The van der Waals surface area contributed by atoms with Crippen LogP contribution in [-0.2, 0) is 23.9 Å². The first-order valence-electron chi connectivity index (χ1n) is 10.1. The average Bonchev–Trinajstić information content (AvgIpc) is 3.32. The highest BCUT2D eigenvalue weighted by molar-refractivity contribution is 5.93. The number of benzene rings is 2. The fraction of sp³-hybridized carbons (Fsp3) is 0.261.